The Hall–Kier alpha value is -1.50. The summed E-state index contributed by atoms with van der Waals surface area (Å²) in [5, 5.41) is 39.7. The summed E-state index contributed by atoms with van der Waals surface area (Å²) in [4.78, 5) is 39.7. The summed E-state index contributed by atoms with van der Waals surface area (Å²) in [6.07, 6.45) is 22.4. The maximum absolute atomic E-state index is 9.92. The second-order valence-corrected chi connectivity index (χ2v) is 10.1. The number of carboxylic acids is 4. The largest absolute Gasteiger partial charge is 0.550 e. The first kappa shape index (κ1) is 49.2. The van der Waals surface area contributed by atoms with Crippen LogP contribution in [0.15, 0.2) is 0 Å². The van der Waals surface area contributed by atoms with Gasteiger partial charge < -0.3 is 39.6 Å². The van der Waals surface area contributed by atoms with E-state index in [1.165, 1.54) is 51.4 Å². The number of aliphatic carboxylic acids is 4. The van der Waals surface area contributed by atoms with Crippen molar-refractivity contribution in [3.05, 3.63) is 0 Å². The molecule has 0 saturated carbocycles. The van der Waals surface area contributed by atoms with Crippen LogP contribution >= 0.6 is 0 Å². The van der Waals surface area contributed by atoms with Gasteiger partial charge in [-0.25, -0.2) is 0 Å². The third-order valence-electron chi connectivity index (χ3n) is 5.94. The van der Waals surface area contributed by atoms with Gasteiger partial charge in [-0.1, -0.05) is 130 Å². The van der Waals surface area contributed by atoms with Crippen LogP contribution in [0.25, 0.3) is 0 Å². The topological polar surface area (TPSA) is 161 Å². The Morgan fingerprint density at radius 2 is 0.463 bits per heavy atom. The van der Waals surface area contributed by atoms with Crippen LogP contribution in [0.1, 0.15) is 182 Å². The van der Waals surface area contributed by atoms with Gasteiger partial charge in [-0.2, -0.15) is 0 Å². The molecule has 0 aliphatic rings. The fourth-order valence-corrected chi connectivity index (χ4v) is 3.49. The van der Waals surface area contributed by atoms with Crippen molar-refractivity contribution in [3.8, 4) is 0 Å². The SMILES string of the molecule is CCCCCCCC(=O)[O-].CCCCCCCC(=O)[O-].CCCCCCCC(=O)[O-].CCCCCCCC(=O)[O-].[Zn]. The molecule has 0 bridgehead atoms. The number of hydrogen-bond donors (Lipinski definition) is 0. The predicted molar refractivity (Wildman–Crippen MR) is 154 cm³/mol. The van der Waals surface area contributed by atoms with Crippen molar-refractivity contribution in [2.75, 3.05) is 0 Å². The molecular weight excluding hydrogens is 578 g/mol. The first-order valence-corrected chi connectivity index (χ1v) is 15.9. The first-order valence-electron chi connectivity index (χ1n) is 15.9. The molecule has 0 saturated heterocycles. The minimum atomic E-state index is -0.920. The minimum absolute atomic E-state index is 0. The molecule has 0 amide bonds. The summed E-state index contributed by atoms with van der Waals surface area (Å²) in [5.41, 5.74) is 0. The number of rotatable bonds is 24. The van der Waals surface area contributed by atoms with Crippen molar-refractivity contribution < 1.29 is 59.1 Å². The van der Waals surface area contributed by atoms with Gasteiger partial charge >= 0.3 is 0 Å². The van der Waals surface area contributed by atoms with Crippen LogP contribution in [-0.4, -0.2) is 23.9 Å². The number of carbonyl (C=O) groups excluding carboxylic acids is 4. The number of unbranched alkanes of at least 4 members (excludes halogenated alkanes) is 16. The Bertz CT molecular complexity index is 460. The van der Waals surface area contributed by atoms with Gasteiger partial charge in [-0.3, -0.25) is 0 Å². The Balaban J connectivity index is -0.000000139. The maximum Gasteiger partial charge on any atom is 0.0414 e. The van der Waals surface area contributed by atoms with Gasteiger partial charge in [0.2, 0.25) is 0 Å². The number of hydrogen-bond acceptors (Lipinski definition) is 8. The van der Waals surface area contributed by atoms with E-state index in [4.69, 9.17) is 0 Å². The van der Waals surface area contributed by atoms with Crippen LogP contribution in [0, 0.1) is 0 Å². The number of carboxylic acid groups (broad SMARTS) is 4. The summed E-state index contributed by atoms with van der Waals surface area (Å²) in [5.74, 6) is -3.68. The summed E-state index contributed by atoms with van der Waals surface area (Å²) >= 11 is 0. The molecule has 0 aromatic heterocycles. The average molecular weight is 638 g/mol. The molecule has 0 aliphatic carbocycles. The zero-order chi connectivity index (χ0) is 31.3. The second kappa shape index (κ2) is 45.5. The Labute approximate surface area is 264 Å². The molecule has 41 heavy (non-hydrogen) atoms. The van der Waals surface area contributed by atoms with Crippen LogP contribution in [0.3, 0.4) is 0 Å². The Morgan fingerprint density at radius 3 is 0.585 bits per heavy atom. The summed E-state index contributed by atoms with van der Waals surface area (Å²) in [6.45, 7) is 8.55. The quantitative estimate of drug-likeness (QED) is 0.111. The minimum Gasteiger partial charge on any atom is -0.550 e. The zero-order valence-corrected chi connectivity index (χ0v) is 29.9. The van der Waals surface area contributed by atoms with E-state index < -0.39 is 23.9 Å². The van der Waals surface area contributed by atoms with E-state index in [9.17, 15) is 39.6 Å². The van der Waals surface area contributed by atoms with E-state index >= 15 is 0 Å². The van der Waals surface area contributed by atoms with E-state index in [0.29, 0.717) is 0 Å². The molecule has 0 radical (unpaired) electrons. The number of carbonyl (C=O) groups is 4. The fourth-order valence-electron chi connectivity index (χ4n) is 3.49. The van der Waals surface area contributed by atoms with E-state index in [-0.39, 0.29) is 45.2 Å². The molecule has 0 atom stereocenters. The summed E-state index contributed by atoms with van der Waals surface area (Å²) in [7, 11) is 0. The second-order valence-electron chi connectivity index (χ2n) is 10.1. The molecular formula is C32H60O8Zn-4. The van der Waals surface area contributed by atoms with Gasteiger partial charge in [-0.15, -0.1) is 0 Å². The van der Waals surface area contributed by atoms with E-state index in [1.807, 2.05) is 0 Å². The van der Waals surface area contributed by atoms with E-state index in [1.54, 1.807) is 0 Å². The third-order valence-corrected chi connectivity index (χ3v) is 5.94. The molecule has 0 rings (SSSR count). The van der Waals surface area contributed by atoms with Gasteiger partial charge in [0.05, 0.1) is 0 Å². The summed E-state index contributed by atoms with van der Waals surface area (Å²) in [6, 6.07) is 0. The average Bonchev–Trinajstić information content (AvgIpc) is 2.89. The van der Waals surface area contributed by atoms with Crippen molar-refractivity contribution in [2.24, 2.45) is 0 Å². The van der Waals surface area contributed by atoms with Gasteiger partial charge in [-0.05, 0) is 51.4 Å². The van der Waals surface area contributed by atoms with Gasteiger partial charge in [0.1, 0.15) is 0 Å². The smallest absolute Gasteiger partial charge is 0.0414 e. The predicted octanol–water partition coefficient (Wildman–Crippen LogP) is 4.38. The normalized spacial score (nSPS) is 9.46. The maximum atomic E-state index is 9.92. The molecule has 8 nitrogen and oxygen atoms in total. The zero-order valence-electron chi connectivity index (χ0n) is 26.9. The van der Waals surface area contributed by atoms with Crippen LogP contribution in [0.4, 0.5) is 0 Å². The monoisotopic (exact) mass is 636 g/mol. The van der Waals surface area contributed by atoms with Crippen LogP contribution in [0.5, 0.6) is 0 Å². The van der Waals surface area contributed by atoms with Crippen molar-refractivity contribution in [3.63, 3.8) is 0 Å². The Kier molecular flexibility index (Phi) is 54.6. The van der Waals surface area contributed by atoms with Gasteiger partial charge in [0, 0.05) is 43.4 Å². The molecule has 0 fully saturated rings. The summed E-state index contributed by atoms with van der Waals surface area (Å²) < 4.78 is 0. The van der Waals surface area contributed by atoms with Crippen LogP contribution < -0.4 is 20.4 Å². The fraction of sp³-hybridized carbons (Fsp3) is 0.875. The molecule has 9 heteroatoms. The van der Waals surface area contributed by atoms with Crippen molar-refractivity contribution in [1.82, 2.24) is 0 Å². The van der Waals surface area contributed by atoms with Gasteiger partial charge in [0.25, 0.3) is 0 Å². The molecule has 0 aliphatic heterocycles. The molecule has 0 N–H and O–H groups in total. The molecule has 0 aromatic carbocycles. The first-order chi connectivity index (χ1) is 19.1. The van der Waals surface area contributed by atoms with E-state index in [2.05, 4.69) is 27.7 Å². The molecule has 0 spiro atoms. The van der Waals surface area contributed by atoms with Crippen molar-refractivity contribution >= 4 is 23.9 Å². The van der Waals surface area contributed by atoms with Crippen molar-refractivity contribution in [2.45, 2.75) is 182 Å². The van der Waals surface area contributed by atoms with Crippen molar-refractivity contribution in [1.29, 1.82) is 0 Å². The molecule has 0 unspecified atom stereocenters. The third kappa shape index (κ3) is 73.0. The van der Waals surface area contributed by atoms with E-state index in [0.717, 1.165) is 77.0 Å². The molecule has 0 heterocycles. The van der Waals surface area contributed by atoms with Crippen LogP contribution in [-0.2, 0) is 38.7 Å². The molecule has 242 valence electrons. The standard InChI is InChI=1S/4C8H16O2.Zn/c4*1-2-3-4-5-6-7-8(9)10;/h4*2-7H2,1H3,(H,9,10);/p-4. The molecule has 0 aromatic rings. The van der Waals surface area contributed by atoms with Gasteiger partial charge in [0.15, 0.2) is 0 Å². The van der Waals surface area contributed by atoms with Crippen LogP contribution in [0.2, 0.25) is 0 Å². The Morgan fingerprint density at radius 1 is 0.317 bits per heavy atom.